The SMILES string of the molecule is CC.CC.CC.CC.CC.CC.CC.CC.CC.Cc1ccc(C)nc1.Cc1cccc(C)n1.Cc1ccnc(C)c1.Cc1ccnc(C)c1.Cc1cnc(C)cn1.Cc1cnc(C)cn1.Cc1cnc(C)nc1.Cc1cnc(C)nc1.Cc1cncc(C)c1. The summed E-state index contributed by atoms with van der Waals surface area (Å²) in [6.45, 7) is 71.6. The van der Waals surface area contributed by atoms with Crippen molar-refractivity contribution in [2.45, 2.75) is 249 Å². The van der Waals surface area contributed by atoms with Gasteiger partial charge in [0.25, 0.3) is 0 Å². The second-order valence-corrected chi connectivity index (χ2v) is 17.1. The first-order valence-corrected chi connectivity index (χ1v) is 32.6. The van der Waals surface area contributed by atoms with E-state index in [9.17, 15) is 0 Å². The summed E-state index contributed by atoms with van der Waals surface area (Å²) in [7, 11) is 0. The minimum atomic E-state index is 0.829. The Hall–Kier alpha value is -7.93. The van der Waals surface area contributed by atoms with Crippen molar-refractivity contribution in [2.24, 2.45) is 0 Å². The van der Waals surface area contributed by atoms with E-state index in [-0.39, 0.29) is 0 Å². The summed E-state index contributed by atoms with van der Waals surface area (Å²) in [5, 5.41) is 0. The maximum atomic E-state index is 4.17. The summed E-state index contributed by atoms with van der Waals surface area (Å²) in [5.41, 5.74) is 17.7. The highest BCUT2D eigenvalue weighted by molar-refractivity contribution is 5.15. The number of pyridine rings is 5. The molecule has 0 aliphatic rings. The molecule has 0 bridgehead atoms. The van der Waals surface area contributed by atoms with Crippen LogP contribution in [0.4, 0.5) is 0 Å². The maximum absolute atomic E-state index is 4.17. The summed E-state index contributed by atoms with van der Waals surface area (Å²) in [4.78, 5) is 52.3. The third-order valence-corrected chi connectivity index (χ3v) is 8.84. The van der Waals surface area contributed by atoms with Crippen LogP contribution in [0.15, 0.2) is 141 Å². The third-order valence-electron chi connectivity index (χ3n) is 8.84. The molecule has 0 spiro atoms. The van der Waals surface area contributed by atoms with Crippen LogP contribution < -0.4 is 0 Å². The lowest BCUT2D eigenvalue weighted by Gasteiger charge is -1.90. The largest absolute Gasteiger partial charge is 0.264 e. The van der Waals surface area contributed by atoms with E-state index in [1.807, 2.05) is 328 Å². The van der Waals surface area contributed by atoms with E-state index >= 15 is 0 Å². The van der Waals surface area contributed by atoms with Crippen molar-refractivity contribution in [1.82, 2.24) is 64.8 Å². The summed E-state index contributed by atoms with van der Waals surface area (Å²) in [6.07, 6.45) is 23.5. The van der Waals surface area contributed by atoms with Crippen LogP contribution in [0.3, 0.4) is 0 Å². The van der Waals surface area contributed by atoms with Gasteiger partial charge in [0.1, 0.15) is 11.6 Å². The van der Waals surface area contributed by atoms with Crippen LogP contribution in [0.5, 0.6) is 0 Å². The molecule has 9 rings (SSSR count). The number of aryl methyl sites for hydroxylation is 18. The Balaban J connectivity index is -0.000000113. The smallest absolute Gasteiger partial charge is 0.125 e. The van der Waals surface area contributed by atoms with Gasteiger partial charge in [-0.2, -0.15) is 0 Å². The Morgan fingerprint density at radius 3 is 0.633 bits per heavy atom. The lowest BCUT2D eigenvalue weighted by molar-refractivity contribution is 1.03. The number of aromatic nitrogens is 13. The van der Waals surface area contributed by atoms with Gasteiger partial charge in [-0.25, -0.2) is 19.9 Å². The van der Waals surface area contributed by atoms with Crippen LogP contribution in [0.2, 0.25) is 0 Å². The van der Waals surface area contributed by atoms with Crippen LogP contribution in [-0.2, 0) is 0 Å². The fraction of sp³-hybridized carbons (Fsp3) is 0.468. The van der Waals surface area contributed by atoms with E-state index in [2.05, 4.69) is 103 Å². The Labute approximate surface area is 554 Å². The molecule has 0 fully saturated rings. The van der Waals surface area contributed by atoms with Gasteiger partial charge in [0.15, 0.2) is 0 Å². The third kappa shape index (κ3) is 74.3. The average molecular weight is 1240 g/mol. The first kappa shape index (κ1) is 101. The Bertz CT molecular complexity index is 2200. The van der Waals surface area contributed by atoms with Gasteiger partial charge in [-0.1, -0.05) is 143 Å². The van der Waals surface area contributed by atoms with Crippen molar-refractivity contribution < 1.29 is 0 Å². The van der Waals surface area contributed by atoms with Crippen LogP contribution >= 0.6 is 0 Å². The highest BCUT2D eigenvalue weighted by Gasteiger charge is 1.88. The molecule has 13 nitrogen and oxygen atoms in total. The molecule has 0 radical (unpaired) electrons. The van der Waals surface area contributed by atoms with E-state index in [1.54, 1.807) is 24.8 Å². The maximum Gasteiger partial charge on any atom is 0.125 e. The van der Waals surface area contributed by atoms with E-state index in [4.69, 9.17) is 0 Å². The predicted octanol–water partition coefficient (Wildman–Crippen LogP) is 22.1. The van der Waals surface area contributed by atoms with E-state index in [0.29, 0.717) is 0 Å². The molecule has 90 heavy (non-hydrogen) atoms. The lowest BCUT2D eigenvalue weighted by atomic mass is 10.2. The van der Waals surface area contributed by atoms with Gasteiger partial charge in [-0.15, -0.1) is 0 Å². The number of rotatable bonds is 0. The van der Waals surface area contributed by atoms with Gasteiger partial charge in [0, 0.05) is 109 Å². The van der Waals surface area contributed by atoms with Crippen molar-refractivity contribution in [3.05, 3.63) is 243 Å². The van der Waals surface area contributed by atoms with Gasteiger partial charge in [-0.05, 0) is 206 Å². The van der Waals surface area contributed by atoms with Gasteiger partial charge >= 0.3 is 0 Å². The van der Waals surface area contributed by atoms with Crippen LogP contribution in [0.1, 0.15) is 226 Å². The predicted molar refractivity (Wildman–Crippen MR) is 397 cm³/mol. The van der Waals surface area contributed by atoms with E-state index in [1.165, 1.54) is 27.8 Å². The molecule has 9 heterocycles. The van der Waals surface area contributed by atoms with Gasteiger partial charge in [0.2, 0.25) is 0 Å². The molecule has 0 amide bonds. The first-order chi connectivity index (χ1) is 43.1. The second-order valence-electron chi connectivity index (χ2n) is 17.1. The fourth-order valence-corrected chi connectivity index (χ4v) is 5.13. The standard InChI is InChI=1S/5C7H9N.4C6H8N2.9C2H6/c1-6-3-7(2)5-8-4-6;2*1-6-3-4-8-7(2)5-6;1-6-3-4-7(2)8-5-6;1-6-4-3-5-7(2)8-6;2*1-5-3-8-6(2)4-7-5;2*1-5-3-7-6(2)8-4-5;9*1-2/h5*3-5H,1-2H3;4*3-4H,1-2H3;9*1-2H3. The minimum absolute atomic E-state index is 0.829. The summed E-state index contributed by atoms with van der Waals surface area (Å²) >= 11 is 0. The van der Waals surface area contributed by atoms with Crippen molar-refractivity contribution in [3.63, 3.8) is 0 Å². The molecule has 9 aromatic rings. The molecule has 13 heteroatoms. The normalized spacial score (nSPS) is 8.00. The van der Waals surface area contributed by atoms with Gasteiger partial charge < -0.3 is 0 Å². The molecule has 0 saturated heterocycles. The molecule has 0 saturated carbocycles. The molecule has 504 valence electrons. The Kier molecular flexibility index (Phi) is 86.6. The van der Waals surface area contributed by atoms with Crippen LogP contribution in [0.25, 0.3) is 0 Å². The summed E-state index contributed by atoms with van der Waals surface area (Å²) in [6, 6.07) is 20.3. The number of nitrogens with zero attached hydrogens (tertiary/aromatic N) is 13. The highest BCUT2D eigenvalue weighted by atomic mass is 14.9. The van der Waals surface area contributed by atoms with Crippen LogP contribution in [-0.4, -0.2) is 64.8 Å². The highest BCUT2D eigenvalue weighted by Crippen LogP contribution is 2.00. The topological polar surface area (TPSA) is 168 Å². The molecular weight excluding hydrogens is 1110 g/mol. The zero-order chi connectivity index (χ0) is 71.8. The first-order valence-electron chi connectivity index (χ1n) is 32.6. The molecule has 0 aromatic carbocycles. The molecule has 0 aliphatic heterocycles. The molecule has 0 N–H and O–H groups in total. The van der Waals surface area contributed by atoms with Gasteiger partial charge in [0.05, 0.1) is 22.8 Å². The monoisotopic (exact) mass is 1240 g/mol. The van der Waals surface area contributed by atoms with Crippen LogP contribution in [0, 0.1) is 125 Å². The summed E-state index contributed by atoms with van der Waals surface area (Å²) in [5.74, 6) is 1.66. The quantitative estimate of drug-likeness (QED) is 0.141. The lowest BCUT2D eigenvalue weighted by Crippen LogP contribution is -1.84. The van der Waals surface area contributed by atoms with E-state index < -0.39 is 0 Å². The molecule has 0 unspecified atom stereocenters. The Morgan fingerprint density at radius 1 is 0.189 bits per heavy atom. The number of hydrogen-bond donors (Lipinski definition) is 0. The fourth-order valence-electron chi connectivity index (χ4n) is 5.13. The summed E-state index contributed by atoms with van der Waals surface area (Å²) < 4.78 is 0. The van der Waals surface area contributed by atoms with Gasteiger partial charge in [-0.3, -0.25) is 44.9 Å². The molecular formula is C77H131N13. The zero-order valence-corrected chi connectivity index (χ0v) is 64.1. The van der Waals surface area contributed by atoms with Crippen molar-refractivity contribution in [1.29, 1.82) is 0 Å². The average Bonchev–Trinajstić information content (AvgIpc) is 3.57. The minimum Gasteiger partial charge on any atom is -0.264 e. The van der Waals surface area contributed by atoms with Crippen molar-refractivity contribution >= 4 is 0 Å². The molecule has 0 aliphatic carbocycles. The van der Waals surface area contributed by atoms with Crippen molar-refractivity contribution in [2.75, 3.05) is 0 Å². The molecule has 0 atom stereocenters. The number of hydrogen-bond acceptors (Lipinski definition) is 13. The van der Waals surface area contributed by atoms with E-state index in [0.717, 1.165) is 74.0 Å². The second kappa shape index (κ2) is 77.2. The molecule has 9 aromatic heterocycles. The zero-order valence-electron chi connectivity index (χ0n) is 64.1. The Morgan fingerprint density at radius 2 is 0.467 bits per heavy atom. The van der Waals surface area contributed by atoms with Crippen molar-refractivity contribution in [3.8, 4) is 0 Å².